The second-order valence-corrected chi connectivity index (χ2v) is 5.04. The van der Waals surface area contributed by atoms with Gasteiger partial charge in [-0.15, -0.1) is 0 Å². The van der Waals surface area contributed by atoms with Crippen LogP contribution in [-0.4, -0.2) is 34.4 Å². The van der Waals surface area contributed by atoms with E-state index >= 15 is 0 Å². The van der Waals surface area contributed by atoms with Gasteiger partial charge in [-0.2, -0.15) is 0 Å². The van der Waals surface area contributed by atoms with E-state index in [9.17, 15) is 10.2 Å². The lowest BCUT2D eigenvalue weighted by molar-refractivity contribution is 0.254. The lowest BCUT2D eigenvalue weighted by atomic mass is 10.1. The predicted octanol–water partition coefficient (Wildman–Crippen LogP) is 1.97. The summed E-state index contributed by atoms with van der Waals surface area (Å²) in [6.45, 7) is 0.869. The Bertz CT molecular complexity index is 401. The van der Waals surface area contributed by atoms with Crippen molar-refractivity contribution < 1.29 is 10.2 Å². The molecule has 18 heavy (non-hydrogen) atoms. The summed E-state index contributed by atoms with van der Waals surface area (Å²) < 4.78 is 0. The Balaban J connectivity index is 2.26. The molecule has 0 aliphatic carbocycles. The van der Waals surface area contributed by atoms with Crippen molar-refractivity contribution in [3.05, 3.63) is 22.8 Å². The summed E-state index contributed by atoms with van der Waals surface area (Å²) in [6.07, 6.45) is 4.42. The van der Waals surface area contributed by atoms with Crippen LogP contribution in [0.3, 0.4) is 0 Å². The first-order valence-electron chi connectivity index (χ1n) is 6.40. The number of hydrogen-bond acceptors (Lipinski definition) is 4. The highest BCUT2D eigenvalue weighted by Crippen LogP contribution is 2.25. The summed E-state index contributed by atoms with van der Waals surface area (Å²) in [6, 6.07) is 3.73. The van der Waals surface area contributed by atoms with Crippen molar-refractivity contribution >= 4 is 17.4 Å². The molecule has 1 atom stereocenters. The molecule has 1 aliphatic heterocycles. The molecular formula is C13H19ClN2O2. The van der Waals surface area contributed by atoms with Gasteiger partial charge in [0, 0.05) is 6.54 Å². The van der Waals surface area contributed by atoms with Gasteiger partial charge in [-0.25, -0.2) is 4.98 Å². The molecule has 1 aromatic rings. The van der Waals surface area contributed by atoms with E-state index in [1.54, 1.807) is 6.07 Å². The van der Waals surface area contributed by atoms with E-state index in [0.717, 1.165) is 31.6 Å². The van der Waals surface area contributed by atoms with Gasteiger partial charge in [0.1, 0.15) is 5.82 Å². The largest absolute Gasteiger partial charge is 0.394 e. The Hall–Kier alpha value is -0.840. The van der Waals surface area contributed by atoms with Crippen molar-refractivity contribution in [1.29, 1.82) is 0 Å². The molecule has 100 valence electrons. The standard InChI is InChI=1S/C13H19ClN2O2/c14-11-5-6-13(15-12(11)9-18)16-7-3-1-2-4-10(16)8-17/h5-6,10,17-18H,1-4,7-9H2. The van der Waals surface area contributed by atoms with Crippen LogP contribution in [0.15, 0.2) is 12.1 Å². The van der Waals surface area contributed by atoms with Gasteiger partial charge in [0.05, 0.1) is 30.0 Å². The Morgan fingerprint density at radius 1 is 1.28 bits per heavy atom. The van der Waals surface area contributed by atoms with Gasteiger partial charge < -0.3 is 15.1 Å². The molecule has 1 aromatic heterocycles. The number of rotatable bonds is 3. The quantitative estimate of drug-likeness (QED) is 0.882. The normalized spacial score (nSPS) is 20.8. The van der Waals surface area contributed by atoms with Gasteiger partial charge in [-0.3, -0.25) is 0 Å². The first kappa shape index (κ1) is 13.6. The van der Waals surface area contributed by atoms with Gasteiger partial charge in [0.25, 0.3) is 0 Å². The molecule has 0 saturated carbocycles. The van der Waals surface area contributed by atoms with Gasteiger partial charge in [0.15, 0.2) is 0 Å². The van der Waals surface area contributed by atoms with Crippen molar-refractivity contribution in [3.63, 3.8) is 0 Å². The van der Waals surface area contributed by atoms with E-state index in [0.29, 0.717) is 10.7 Å². The molecule has 1 fully saturated rings. The predicted molar refractivity (Wildman–Crippen MR) is 71.9 cm³/mol. The lowest BCUT2D eigenvalue weighted by Gasteiger charge is -2.30. The van der Waals surface area contributed by atoms with Gasteiger partial charge in [0.2, 0.25) is 0 Å². The Morgan fingerprint density at radius 2 is 2.11 bits per heavy atom. The maximum atomic E-state index is 9.48. The van der Waals surface area contributed by atoms with E-state index in [1.165, 1.54) is 6.42 Å². The topological polar surface area (TPSA) is 56.6 Å². The van der Waals surface area contributed by atoms with Crippen molar-refractivity contribution in [2.24, 2.45) is 0 Å². The molecule has 0 bridgehead atoms. The van der Waals surface area contributed by atoms with Crippen LogP contribution < -0.4 is 4.90 Å². The molecule has 0 radical (unpaired) electrons. The molecule has 0 amide bonds. The van der Waals surface area contributed by atoms with Crippen LogP contribution in [0.1, 0.15) is 31.4 Å². The summed E-state index contributed by atoms with van der Waals surface area (Å²) in [7, 11) is 0. The maximum Gasteiger partial charge on any atom is 0.129 e. The molecule has 0 aromatic carbocycles. The number of aromatic nitrogens is 1. The summed E-state index contributed by atoms with van der Waals surface area (Å²) in [5, 5.41) is 19.2. The minimum Gasteiger partial charge on any atom is -0.394 e. The van der Waals surface area contributed by atoms with Crippen LogP contribution in [-0.2, 0) is 6.61 Å². The molecule has 4 nitrogen and oxygen atoms in total. The monoisotopic (exact) mass is 270 g/mol. The van der Waals surface area contributed by atoms with Crippen LogP contribution in [0.5, 0.6) is 0 Å². The van der Waals surface area contributed by atoms with E-state index in [4.69, 9.17) is 11.6 Å². The van der Waals surface area contributed by atoms with Crippen molar-refractivity contribution in [1.82, 2.24) is 4.98 Å². The van der Waals surface area contributed by atoms with E-state index in [2.05, 4.69) is 9.88 Å². The fourth-order valence-electron chi connectivity index (χ4n) is 2.41. The van der Waals surface area contributed by atoms with Gasteiger partial charge in [-0.1, -0.05) is 24.4 Å². The summed E-state index contributed by atoms with van der Waals surface area (Å²) in [5.74, 6) is 0.796. The minimum atomic E-state index is -0.162. The Labute approximate surface area is 112 Å². The molecule has 5 heteroatoms. The molecule has 1 unspecified atom stereocenters. The number of halogens is 1. The van der Waals surface area contributed by atoms with Gasteiger partial charge >= 0.3 is 0 Å². The average Bonchev–Trinajstić information content (AvgIpc) is 2.64. The zero-order valence-corrected chi connectivity index (χ0v) is 11.1. The second-order valence-electron chi connectivity index (χ2n) is 4.64. The number of anilines is 1. The SMILES string of the molecule is OCc1nc(N2CCCCCC2CO)ccc1Cl. The number of aliphatic hydroxyl groups is 2. The average molecular weight is 271 g/mol. The molecule has 2 N–H and O–H groups in total. The first-order chi connectivity index (χ1) is 8.76. The summed E-state index contributed by atoms with van der Waals surface area (Å²) >= 11 is 5.95. The van der Waals surface area contributed by atoms with Crippen LogP contribution in [0.4, 0.5) is 5.82 Å². The molecular weight excluding hydrogens is 252 g/mol. The molecule has 2 rings (SSSR count). The van der Waals surface area contributed by atoms with E-state index in [1.807, 2.05) is 6.07 Å². The highest BCUT2D eigenvalue weighted by atomic mass is 35.5. The molecule has 0 spiro atoms. The highest BCUT2D eigenvalue weighted by Gasteiger charge is 2.22. The summed E-state index contributed by atoms with van der Waals surface area (Å²) in [5.41, 5.74) is 0.495. The maximum absolute atomic E-state index is 9.48. The molecule has 1 aliphatic rings. The van der Waals surface area contributed by atoms with E-state index in [-0.39, 0.29) is 19.3 Å². The minimum absolute atomic E-state index is 0.118. The molecule has 1 saturated heterocycles. The van der Waals surface area contributed by atoms with Crippen molar-refractivity contribution in [2.45, 2.75) is 38.3 Å². The second kappa shape index (κ2) is 6.36. The zero-order valence-electron chi connectivity index (χ0n) is 10.3. The lowest BCUT2D eigenvalue weighted by Crippen LogP contribution is -2.38. The third-order valence-corrected chi connectivity index (χ3v) is 3.78. The smallest absolute Gasteiger partial charge is 0.129 e. The molecule has 2 heterocycles. The third-order valence-electron chi connectivity index (χ3n) is 3.44. The fraction of sp³-hybridized carbons (Fsp3) is 0.615. The van der Waals surface area contributed by atoms with Crippen molar-refractivity contribution in [3.8, 4) is 0 Å². The van der Waals surface area contributed by atoms with Crippen molar-refractivity contribution in [2.75, 3.05) is 18.1 Å². The third kappa shape index (κ3) is 2.94. The Morgan fingerprint density at radius 3 is 2.83 bits per heavy atom. The number of nitrogens with zero attached hydrogens (tertiary/aromatic N) is 2. The van der Waals surface area contributed by atoms with E-state index < -0.39 is 0 Å². The number of pyridine rings is 1. The number of hydrogen-bond donors (Lipinski definition) is 2. The first-order valence-corrected chi connectivity index (χ1v) is 6.78. The van der Waals surface area contributed by atoms with Crippen LogP contribution in [0, 0.1) is 0 Å². The fourth-order valence-corrected chi connectivity index (χ4v) is 2.58. The number of aliphatic hydroxyl groups excluding tert-OH is 2. The van der Waals surface area contributed by atoms with Crippen LogP contribution in [0.25, 0.3) is 0 Å². The van der Waals surface area contributed by atoms with Gasteiger partial charge in [-0.05, 0) is 25.0 Å². The van der Waals surface area contributed by atoms with Crippen LogP contribution >= 0.6 is 11.6 Å². The van der Waals surface area contributed by atoms with Crippen LogP contribution in [0.2, 0.25) is 5.02 Å². The zero-order chi connectivity index (χ0) is 13.0. The highest BCUT2D eigenvalue weighted by molar-refractivity contribution is 6.31. The summed E-state index contributed by atoms with van der Waals surface area (Å²) in [4.78, 5) is 6.51. The Kier molecular flexibility index (Phi) is 4.80.